The first kappa shape index (κ1) is 28.7. The van der Waals surface area contributed by atoms with Crippen LogP contribution in [0.1, 0.15) is 105 Å². The van der Waals surface area contributed by atoms with Crippen molar-refractivity contribution in [2.45, 2.75) is 83.5 Å². The Morgan fingerprint density at radius 2 is 1.85 bits per heavy atom. The number of aromatic nitrogens is 2. The van der Waals surface area contributed by atoms with Crippen molar-refractivity contribution in [1.29, 1.82) is 0 Å². The van der Waals surface area contributed by atoms with Gasteiger partial charge in [0.2, 0.25) is 0 Å². The first-order valence-corrected chi connectivity index (χ1v) is 14.7. The van der Waals surface area contributed by atoms with Crippen molar-refractivity contribution in [1.82, 2.24) is 14.9 Å². The Morgan fingerprint density at radius 1 is 1.08 bits per heavy atom. The lowest BCUT2D eigenvalue weighted by atomic mass is 9.90. The molecule has 1 atom stereocenters. The second-order valence-electron chi connectivity index (χ2n) is 10.9. The molecule has 0 spiro atoms. The van der Waals surface area contributed by atoms with Gasteiger partial charge in [0.1, 0.15) is 11.6 Å². The number of hydrogen-bond acceptors (Lipinski definition) is 4. The van der Waals surface area contributed by atoms with Crippen LogP contribution in [-0.4, -0.2) is 39.7 Å². The zero-order chi connectivity index (χ0) is 27.6. The summed E-state index contributed by atoms with van der Waals surface area (Å²) in [6, 6.07) is 13.9. The van der Waals surface area contributed by atoms with Crippen molar-refractivity contribution in [2.75, 3.05) is 13.2 Å². The van der Waals surface area contributed by atoms with Gasteiger partial charge in [-0.25, -0.2) is 4.98 Å². The minimum Gasteiger partial charge on any atom is -0.493 e. The van der Waals surface area contributed by atoms with Gasteiger partial charge in [0.05, 0.1) is 24.1 Å². The number of carbonyl (C=O) groups is 2. The second kappa shape index (κ2) is 14.2. The van der Waals surface area contributed by atoms with E-state index < -0.39 is 5.97 Å². The normalized spacial score (nSPS) is 14.8. The topological polar surface area (TPSA) is 93.5 Å². The fourth-order valence-corrected chi connectivity index (χ4v) is 5.64. The van der Waals surface area contributed by atoms with E-state index in [-0.39, 0.29) is 24.8 Å². The molecule has 1 heterocycles. The standard InChI is InChI=1S/C32H43N3O4/c1-3-4-5-9-12-27(24-13-15-25(16-14-24)32(38)33-20-19-30(36)37)31-34-28-21-26(17-18-29(28)35(31)2)39-22-23-10-7-6-8-11-23/h13-18,21,23,27H,3-12,19-20,22H2,1-2H3,(H,33,38)(H,36,37). The summed E-state index contributed by atoms with van der Waals surface area (Å²) in [5, 5.41) is 11.5. The Balaban J connectivity index is 1.52. The van der Waals surface area contributed by atoms with Crippen LogP contribution in [0, 0.1) is 5.92 Å². The molecule has 39 heavy (non-hydrogen) atoms. The summed E-state index contributed by atoms with van der Waals surface area (Å²) in [6.07, 6.45) is 12.1. The Morgan fingerprint density at radius 3 is 2.56 bits per heavy atom. The molecule has 1 aliphatic carbocycles. The molecule has 7 nitrogen and oxygen atoms in total. The number of hydrogen-bond donors (Lipinski definition) is 2. The Kier molecular flexibility index (Phi) is 10.4. The minimum atomic E-state index is -0.929. The van der Waals surface area contributed by atoms with Crippen LogP contribution in [-0.2, 0) is 11.8 Å². The van der Waals surface area contributed by atoms with E-state index >= 15 is 0 Å². The van der Waals surface area contributed by atoms with Gasteiger partial charge >= 0.3 is 5.97 Å². The smallest absolute Gasteiger partial charge is 0.305 e. The third-order valence-electron chi connectivity index (χ3n) is 7.96. The Bertz CT molecular complexity index is 1230. The molecule has 1 unspecified atom stereocenters. The lowest BCUT2D eigenvalue weighted by Crippen LogP contribution is -2.26. The van der Waals surface area contributed by atoms with E-state index in [1.54, 1.807) is 0 Å². The highest BCUT2D eigenvalue weighted by Crippen LogP contribution is 2.33. The number of carbonyl (C=O) groups excluding carboxylic acids is 1. The number of carboxylic acid groups (broad SMARTS) is 1. The molecular formula is C32H43N3O4. The number of nitrogens with zero attached hydrogens (tertiary/aromatic N) is 2. The number of carboxylic acids is 1. The number of rotatable bonds is 14. The molecule has 1 aromatic heterocycles. The fourth-order valence-electron chi connectivity index (χ4n) is 5.64. The molecule has 0 radical (unpaired) electrons. The maximum absolute atomic E-state index is 12.4. The number of aryl methyl sites for hydroxylation is 1. The van der Waals surface area contributed by atoms with Crippen molar-refractivity contribution in [3.05, 3.63) is 59.4 Å². The number of amides is 1. The molecule has 1 aliphatic rings. The first-order chi connectivity index (χ1) is 19.0. The van der Waals surface area contributed by atoms with E-state index in [2.05, 4.69) is 42.1 Å². The number of benzene rings is 2. The van der Waals surface area contributed by atoms with Gasteiger partial charge in [-0.1, -0.05) is 64.0 Å². The zero-order valence-electron chi connectivity index (χ0n) is 23.5. The van der Waals surface area contributed by atoms with Crippen molar-refractivity contribution in [3.63, 3.8) is 0 Å². The quantitative estimate of drug-likeness (QED) is 0.221. The summed E-state index contributed by atoms with van der Waals surface area (Å²) in [4.78, 5) is 28.3. The third-order valence-corrected chi connectivity index (χ3v) is 7.96. The van der Waals surface area contributed by atoms with E-state index in [1.165, 1.54) is 51.4 Å². The molecule has 1 amide bonds. The van der Waals surface area contributed by atoms with Crippen molar-refractivity contribution in [3.8, 4) is 5.75 Å². The van der Waals surface area contributed by atoms with Gasteiger partial charge in [-0.05, 0) is 55.0 Å². The average Bonchev–Trinajstić information content (AvgIpc) is 3.27. The van der Waals surface area contributed by atoms with Crippen molar-refractivity contribution in [2.24, 2.45) is 13.0 Å². The predicted molar refractivity (Wildman–Crippen MR) is 154 cm³/mol. The maximum atomic E-state index is 12.4. The average molecular weight is 534 g/mol. The van der Waals surface area contributed by atoms with Gasteiger partial charge in [0.15, 0.2) is 0 Å². The zero-order valence-corrected chi connectivity index (χ0v) is 23.5. The van der Waals surface area contributed by atoms with E-state index in [1.807, 2.05) is 24.3 Å². The lowest BCUT2D eigenvalue weighted by molar-refractivity contribution is -0.136. The summed E-state index contributed by atoms with van der Waals surface area (Å²) in [5.74, 6) is 1.48. The molecule has 7 heteroatoms. The Labute approximate surface area is 232 Å². The largest absolute Gasteiger partial charge is 0.493 e. The van der Waals surface area contributed by atoms with E-state index in [9.17, 15) is 9.59 Å². The maximum Gasteiger partial charge on any atom is 0.305 e. The summed E-state index contributed by atoms with van der Waals surface area (Å²) < 4.78 is 8.39. The first-order valence-electron chi connectivity index (χ1n) is 14.7. The van der Waals surface area contributed by atoms with Crippen LogP contribution in [0.4, 0.5) is 0 Å². The van der Waals surface area contributed by atoms with Gasteiger partial charge in [0, 0.05) is 31.1 Å². The Hall–Kier alpha value is -3.35. The number of fused-ring (bicyclic) bond motifs is 1. The summed E-state index contributed by atoms with van der Waals surface area (Å²) in [6.45, 7) is 3.11. The number of aliphatic carboxylic acids is 1. The predicted octanol–water partition coefficient (Wildman–Crippen LogP) is 6.84. The van der Waals surface area contributed by atoms with Crippen LogP contribution in [0.2, 0.25) is 0 Å². The molecule has 1 fully saturated rings. The minimum absolute atomic E-state index is 0.0935. The van der Waals surface area contributed by atoms with Gasteiger partial charge < -0.3 is 19.7 Å². The van der Waals surface area contributed by atoms with Crippen LogP contribution < -0.4 is 10.1 Å². The number of nitrogens with one attached hydrogen (secondary N) is 1. The van der Waals surface area contributed by atoms with Gasteiger partial charge in [-0.3, -0.25) is 9.59 Å². The van der Waals surface area contributed by atoms with Gasteiger partial charge in [0.25, 0.3) is 5.91 Å². The highest BCUT2D eigenvalue weighted by Gasteiger charge is 2.22. The molecule has 2 aromatic carbocycles. The third kappa shape index (κ3) is 7.84. The monoisotopic (exact) mass is 533 g/mol. The molecule has 0 aliphatic heterocycles. The summed E-state index contributed by atoms with van der Waals surface area (Å²) in [5.41, 5.74) is 3.68. The molecule has 210 valence electrons. The number of unbranched alkanes of at least 4 members (excludes halogenated alkanes) is 3. The fraction of sp³-hybridized carbons (Fsp3) is 0.531. The highest BCUT2D eigenvalue weighted by atomic mass is 16.5. The lowest BCUT2D eigenvalue weighted by Gasteiger charge is -2.21. The van der Waals surface area contributed by atoms with Crippen LogP contribution in [0.5, 0.6) is 5.75 Å². The molecule has 0 bridgehead atoms. The van der Waals surface area contributed by atoms with Crippen LogP contribution in [0.3, 0.4) is 0 Å². The SMILES string of the molecule is CCCCCCC(c1ccc(C(=O)NCCC(=O)O)cc1)c1nc2cc(OCC3CCCCC3)ccc2n1C. The second-order valence-corrected chi connectivity index (χ2v) is 10.9. The number of ether oxygens (including phenoxy) is 1. The van der Waals surface area contributed by atoms with Crippen molar-refractivity contribution < 1.29 is 19.4 Å². The summed E-state index contributed by atoms with van der Waals surface area (Å²) >= 11 is 0. The van der Waals surface area contributed by atoms with E-state index in [0.717, 1.165) is 47.6 Å². The molecular weight excluding hydrogens is 490 g/mol. The van der Waals surface area contributed by atoms with Gasteiger partial charge in [-0.2, -0.15) is 0 Å². The molecule has 4 rings (SSSR count). The summed E-state index contributed by atoms with van der Waals surface area (Å²) in [7, 11) is 2.08. The molecule has 1 saturated carbocycles. The molecule has 3 aromatic rings. The van der Waals surface area contributed by atoms with E-state index in [4.69, 9.17) is 14.8 Å². The van der Waals surface area contributed by atoms with E-state index in [0.29, 0.717) is 11.5 Å². The molecule has 0 saturated heterocycles. The van der Waals surface area contributed by atoms with Crippen molar-refractivity contribution >= 4 is 22.9 Å². The number of imidazole rings is 1. The highest BCUT2D eigenvalue weighted by molar-refractivity contribution is 5.94. The van der Waals surface area contributed by atoms with Crippen LogP contribution >= 0.6 is 0 Å². The van der Waals surface area contributed by atoms with Crippen LogP contribution in [0.25, 0.3) is 11.0 Å². The van der Waals surface area contributed by atoms with Crippen LogP contribution in [0.15, 0.2) is 42.5 Å². The van der Waals surface area contributed by atoms with Gasteiger partial charge in [-0.15, -0.1) is 0 Å². The molecule has 2 N–H and O–H groups in total.